The Kier molecular flexibility index (Phi) is 7.79. The fourth-order valence-electron chi connectivity index (χ4n) is 2.90. The topological polar surface area (TPSA) is 55.6 Å². The third kappa shape index (κ3) is 4.93. The van der Waals surface area contributed by atoms with Gasteiger partial charge < -0.3 is 15.4 Å². The zero-order chi connectivity index (χ0) is 15.2. The lowest BCUT2D eigenvalue weighted by Gasteiger charge is -2.31. The van der Waals surface area contributed by atoms with Crippen molar-refractivity contribution in [1.29, 1.82) is 0 Å². The van der Waals surface area contributed by atoms with Crippen molar-refractivity contribution in [2.75, 3.05) is 13.7 Å². The molecule has 0 spiro atoms. The molecule has 1 fully saturated rings. The molecule has 2 rings (SSSR count). The lowest BCUT2D eigenvalue weighted by atomic mass is 10.1. The first-order valence-corrected chi connectivity index (χ1v) is 7.41. The molecule has 1 aromatic rings. The molecule has 1 aliphatic rings. The van der Waals surface area contributed by atoms with E-state index < -0.39 is 6.04 Å². The van der Waals surface area contributed by atoms with Crippen molar-refractivity contribution < 1.29 is 13.9 Å². The molecule has 1 saturated carbocycles. The molecule has 0 saturated heterocycles. The number of benzene rings is 1. The Labute approximate surface area is 137 Å². The van der Waals surface area contributed by atoms with Crippen LogP contribution in [0.1, 0.15) is 31.2 Å². The SMILES string of the molecule is COCC(N)C(=O)N(Cc1cccc(F)c1)C1CCCC1.Cl. The lowest BCUT2D eigenvalue weighted by molar-refractivity contribution is -0.136. The molecule has 1 aliphatic carbocycles. The molecule has 1 amide bonds. The summed E-state index contributed by atoms with van der Waals surface area (Å²) in [4.78, 5) is 14.3. The van der Waals surface area contributed by atoms with Crippen LogP contribution in [0.4, 0.5) is 4.39 Å². The minimum Gasteiger partial charge on any atom is -0.383 e. The first kappa shape index (κ1) is 18.9. The van der Waals surface area contributed by atoms with Gasteiger partial charge in [0, 0.05) is 19.7 Å². The van der Waals surface area contributed by atoms with Crippen LogP contribution in [-0.2, 0) is 16.1 Å². The summed E-state index contributed by atoms with van der Waals surface area (Å²) in [6, 6.07) is 5.91. The summed E-state index contributed by atoms with van der Waals surface area (Å²) in [5.74, 6) is -0.402. The van der Waals surface area contributed by atoms with Gasteiger partial charge in [-0.25, -0.2) is 4.39 Å². The second-order valence-electron chi connectivity index (χ2n) is 5.60. The average molecular weight is 331 g/mol. The van der Waals surface area contributed by atoms with E-state index in [2.05, 4.69) is 0 Å². The third-order valence-corrected chi connectivity index (χ3v) is 3.95. The van der Waals surface area contributed by atoms with Gasteiger partial charge in [-0.1, -0.05) is 25.0 Å². The van der Waals surface area contributed by atoms with E-state index in [0.717, 1.165) is 31.2 Å². The number of halogens is 2. The summed E-state index contributed by atoms with van der Waals surface area (Å²) in [7, 11) is 1.53. The van der Waals surface area contributed by atoms with Crippen molar-refractivity contribution in [2.24, 2.45) is 5.73 Å². The second-order valence-corrected chi connectivity index (χ2v) is 5.60. The van der Waals surface area contributed by atoms with Gasteiger partial charge in [-0.15, -0.1) is 12.4 Å². The molecular weight excluding hydrogens is 307 g/mol. The quantitative estimate of drug-likeness (QED) is 0.872. The van der Waals surface area contributed by atoms with Crippen LogP contribution >= 0.6 is 12.4 Å². The van der Waals surface area contributed by atoms with Crippen molar-refractivity contribution in [3.05, 3.63) is 35.6 Å². The fourth-order valence-corrected chi connectivity index (χ4v) is 2.90. The summed E-state index contributed by atoms with van der Waals surface area (Å²) in [6.07, 6.45) is 4.22. The number of carbonyl (C=O) groups is 1. The van der Waals surface area contributed by atoms with Gasteiger partial charge in [0.25, 0.3) is 0 Å². The largest absolute Gasteiger partial charge is 0.383 e. The van der Waals surface area contributed by atoms with E-state index in [0.29, 0.717) is 6.54 Å². The fraction of sp³-hybridized carbons (Fsp3) is 0.562. The number of carbonyl (C=O) groups excluding carboxylic acids is 1. The van der Waals surface area contributed by atoms with Gasteiger partial charge >= 0.3 is 0 Å². The molecule has 4 nitrogen and oxygen atoms in total. The highest BCUT2D eigenvalue weighted by Gasteiger charge is 2.29. The van der Waals surface area contributed by atoms with E-state index >= 15 is 0 Å². The van der Waals surface area contributed by atoms with E-state index in [4.69, 9.17) is 10.5 Å². The minimum atomic E-state index is -0.663. The standard InChI is InChI=1S/C16H23FN2O2.ClH/c1-21-11-15(18)16(20)19(14-7-2-3-8-14)10-12-5-4-6-13(17)9-12;/h4-6,9,14-15H,2-3,7-8,10-11,18H2,1H3;1H. The molecule has 0 bridgehead atoms. The van der Waals surface area contributed by atoms with E-state index in [1.807, 2.05) is 6.07 Å². The Morgan fingerprint density at radius 2 is 2.14 bits per heavy atom. The normalized spacial score (nSPS) is 16.1. The number of hydrogen-bond donors (Lipinski definition) is 1. The molecule has 1 atom stereocenters. The highest BCUT2D eigenvalue weighted by molar-refractivity contribution is 5.85. The number of rotatable bonds is 6. The van der Waals surface area contributed by atoms with Gasteiger partial charge in [0.1, 0.15) is 11.9 Å². The van der Waals surface area contributed by atoms with E-state index in [9.17, 15) is 9.18 Å². The van der Waals surface area contributed by atoms with Crippen LogP contribution in [0.15, 0.2) is 24.3 Å². The predicted molar refractivity (Wildman–Crippen MR) is 86.3 cm³/mol. The van der Waals surface area contributed by atoms with Crippen molar-refractivity contribution in [3.63, 3.8) is 0 Å². The maximum atomic E-state index is 13.3. The van der Waals surface area contributed by atoms with Gasteiger partial charge in [0.05, 0.1) is 6.61 Å². The molecule has 1 aromatic carbocycles. The summed E-state index contributed by atoms with van der Waals surface area (Å²) in [5.41, 5.74) is 6.68. The molecule has 0 radical (unpaired) electrons. The molecule has 124 valence electrons. The lowest BCUT2D eigenvalue weighted by Crippen LogP contribution is -2.49. The third-order valence-electron chi connectivity index (χ3n) is 3.95. The van der Waals surface area contributed by atoms with Crippen LogP contribution in [0.25, 0.3) is 0 Å². The van der Waals surface area contributed by atoms with Crippen LogP contribution in [0.5, 0.6) is 0 Å². The molecule has 2 N–H and O–H groups in total. The predicted octanol–water partition coefficient (Wildman–Crippen LogP) is 2.49. The zero-order valence-corrected chi connectivity index (χ0v) is 13.7. The van der Waals surface area contributed by atoms with Gasteiger partial charge in [-0.2, -0.15) is 0 Å². The Hall–Kier alpha value is -1.17. The molecule has 22 heavy (non-hydrogen) atoms. The molecule has 0 heterocycles. The Morgan fingerprint density at radius 1 is 1.45 bits per heavy atom. The molecule has 6 heteroatoms. The molecule has 0 aliphatic heterocycles. The zero-order valence-electron chi connectivity index (χ0n) is 12.8. The van der Waals surface area contributed by atoms with Crippen molar-refractivity contribution in [3.8, 4) is 0 Å². The van der Waals surface area contributed by atoms with Gasteiger partial charge in [0.2, 0.25) is 5.91 Å². The number of hydrogen-bond acceptors (Lipinski definition) is 3. The second kappa shape index (κ2) is 9.08. The average Bonchev–Trinajstić information content (AvgIpc) is 2.98. The van der Waals surface area contributed by atoms with Gasteiger partial charge in [0.15, 0.2) is 0 Å². The summed E-state index contributed by atoms with van der Waals surface area (Å²) < 4.78 is 18.3. The van der Waals surface area contributed by atoms with Gasteiger partial charge in [-0.3, -0.25) is 4.79 Å². The number of nitrogens with zero attached hydrogens (tertiary/aromatic N) is 1. The van der Waals surface area contributed by atoms with Crippen molar-refractivity contribution in [2.45, 2.75) is 44.3 Å². The first-order chi connectivity index (χ1) is 10.1. The Bertz CT molecular complexity index is 481. The van der Waals surface area contributed by atoms with E-state index in [1.54, 1.807) is 11.0 Å². The van der Waals surface area contributed by atoms with Gasteiger partial charge in [-0.05, 0) is 30.5 Å². The number of methoxy groups -OCH3 is 1. The first-order valence-electron chi connectivity index (χ1n) is 7.41. The summed E-state index contributed by atoms with van der Waals surface area (Å²) in [5, 5.41) is 0. The number of nitrogens with two attached hydrogens (primary N) is 1. The van der Waals surface area contributed by atoms with E-state index in [-0.39, 0.29) is 36.8 Å². The molecule has 1 unspecified atom stereocenters. The molecule has 0 aromatic heterocycles. The number of ether oxygens (including phenoxy) is 1. The smallest absolute Gasteiger partial charge is 0.242 e. The van der Waals surface area contributed by atoms with Crippen LogP contribution in [0, 0.1) is 5.82 Å². The maximum Gasteiger partial charge on any atom is 0.242 e. The number of amides is 1. The summed E-state index contributed by atoms with van der Waals surface area (Å²) >= 11 is 0. The Morgan fingerprint density at radius 3 is 2.73 bits per heavy atom. The maximum absolute atomic E-state index is 13.3. The minimum absolute atomic E-state index is 0. The Balaban J connectivity index is 0.00000242. The van der Waals surface area contributed by atoms with Crippen LogP contribution in [0.3, 0.4) is 0 Å². The van der Waals surface area contributed by atoms with Crippen molar-refractivity contribution in [1.82, 2.24) is 4.90 Å². The highest BCUT2D eigenvalue weighted by atomic mass is 35.5. The summed E-state index contributed by atoms with van der Waals surface area (Å²) in [6.45, 7) is 0.601. The van der Waals surface area contributed by atoms with Crippen LogP contribution in [0.2, 0.25) is 0 Å². The van der Waals surface area contributed by atoms with Crippen LogP contribution < -0.4 is 5.73 Å². The monoisotopic (exact) mass is 330 g/mol. The van der Waals surface area contributed by atoms with Crippen LogP contribution in [-0.4, -0.2) is 36.6 Å². The van der Waals surface area contributed by atoms with E-state index in [1.165, 1.54) is 19.2 Å². The molecular formula is C16H24ClFN2O2. The highest BCUT2D eigenvalue weighted by Crippen LogP contribution is 2.25. The van der Waals surface area contributed by atoms with Crippen molar-refractivity contribution >= 4 is 18.3 Å².